The van der Waals surface area contributed by atoms with Crippen LogP contribution in [-0.4, -0.2) is 113 Å². The Labute approximate surface area is 286 Å². The van der Waals surface area contributed by atoms with E-state index in [1.54, 1.807) is 36.4 Å². The van der Waals surface area contributed by atoms with Crippen LogP contribution in [0.3, 0.4) is 0 Å². The van der Waals surface area contributed by atoms with E-state index in [2.05, 4.69) is 31.1 Å². The zero-order valence-electron chi connectivity index (χ0n) is 28.3. The van der Waals surface area contributed by atoms with Gasteiger partial charge in [-0.1, -0.05) is 12.1 Å². The van der Waals surface area contributed by atoms with Gasteiger partial charge in [0.15, 0.2) is 0 Å². The van der Waals surface area contributed by atoms with Crippen molar-refractivity contribution < 1.29 is 42.9 Å². The van der Waals surface area contributed by atoms with Crippen molar-refractivity contribution in [3.63, 3.8) is 0 Å². The monoisotopic (exact) mass is 684 g/mol. The smallest absolute Gasteiger partial charge is 0.411 e. The second-order valence-corrected chi connectivity index (χ2v) is 11.8. The Morgan fingerprint density at radius 1 is 0.531 bits per heavy atom. The van der Waals surface area contributed by atoms with Gasteiger partial charge in [-0.15, -0.1) is 0 Å². The number of nitrogens with one attached hydrogen (secondary N) is 4. The molecule has 2 fully saturated rings. The predicted molar refractivity (Wildman–Crippen MR) is 184 cm³/mol. The molecule has 49 heavy (non-hydrogen) atoms. The summed E-state index contributed by atoms with van der Waals surface area (Å²) >= 11 is 0. The molecule has 15 heteroatoms. The number of hydrogen-bond acceptors (Lipinski definition) is 11. The molecule has 0 atom stereocenters. The van der Waals surface area contributed by atoms with Crippen molar-refractivity contribution in [1.29, 1.82) is 0 Å². The van der Waals surface area contributed by atoms with Gasteiger partial charge in [-0.3, -0.25) is 31.1 Å². The third-order valence-electron chi connectivity index (χ3n) is 7.63. The standard InChI is InChI=1S/C34H48N6O9/c1-25-7-9-27(23-29(25)37-33(43)48-21-15-39-11-12-39)35-31(41)46-19-5-3-17-45-18-4-6-20-47-32(42)36-28-10-8-26(2)30(24-28)38-34(44)49-22-16-40-13-14-40/h7-10,23-24H,3-6,11-22H2,1-2H3,(H,35,41)(H,36,42)(H,37,43)(H,38,44). The van der Waals surface area contributed by atoms with Gasteiger partial charge in [0.25, 0.3) is 0 Å². The molecule has 2 aromatic carbocycles. The summed E-state index contributed by atoms with van der Waals surface area (Å²) < 4.78 is 26.5. The van der Waals surface area contributed by atoms with Crippen LogP contribution in [-0.2, 0) is 23.7 Å². The number of unbranched alkanes of at least 4 members (excludes halogenated alkanes) is 2. The van der Waals surface area contributed by atoms with Gasteiger partial charge in [0, 0.05) is 75.2 Å². The lowest BCUT2D eigenvalue weighted by Gasteiger charge is -2.12. The summed E-state index contributed by atoms with van der Waals surface area (Å²) in [4.78, 5) is 52.8. The van der Waals surface area contributed by atoms with Crippen LogP contribution in [0.15, 0.2) is 36.4 Å². The molecular formula is C34H48N6O9. The van der Waals surface area contributed by atoms with E-state index in [0.717, 1.165) is 50.4 Å². The quantitative estimate of drug-likeness (QED) is 0.0800. The maximum Gasteiger partial charge on any atom is 0.411 e. The Morgan fingerprint density at radius 2 is 0.898 bits per heavy atom. The summed E-state index contributed by atoms with van der Waals surface area (Å²) in [5.41, 5.74) is 3.75. The van der Waals surface area contributed by atoms with Gasteiger partial charge in [0.05, 0.1) is 13.2 Å². The Balaban J connectivity index is 0.976. The number of carbonyl (C=O) groups excluding carboxylic acids is 4. The highest BCUT2D eigenvalue weighted by atomic mass is 16.6. The van der Waals surface area contributed by atoms with Gasteiger partial charge in [-0.25, -0.2) is 19.2 Å². The molecule has 0 aliphatic carbocycles. The maximum absolute atomic E-state index is 12.2. The number of aryl methyl sites for hydroxylation is 2. The summed E-state index contributed by atoms with van der Waals surface area (Å²) in [5, 5.41) is 10.8. The molecule has 0 unspecified atom stereocenters. The maximum atomic E-state index is 12.2. The average molecular weight is 685 g/mol. The first kappa shape index (κ1) is 37.2. The highest BCUT2D eigenvalue weighted by Gasteiger charge is 2.18. The number of benzene rings is 2. The lowest BCUT2D eigenvalue weighted by atomic mass is 10.2. The molecule has 2 aliphatic rings. The lowest BCUT2D eigenvalue weighted by molar-refractivity contribution is 0.109. The minimum absolute atomic E-state index is 0.236. The van der Waals surface area contributed by atoms with Crippen molar-refractivity contribution in [2.75, 3.05) is 100 Å². The van der Waals surface area contributed by atoms with Crippen LogP contribution in [0.4, 0.5) is 41.9 Å². The zero-order chi connectivity index (χ0) is 34.8. The first-order chi connectivity index (χ1) is 23.7. The normalized spacial score (nSPS) is 13.6. The van der Waals surface area contributed by atoms with Crippen LogP contribution in [0, 0.1) is 13.8 Å². The minimum atomic E-state index is -0.585. The molecule has 0 radical (unpaired) electrons. The van der Waals surface area contributed by atoms with Crippen molar-refractivity contribution in [2.24, 2.45) is 0 Å². The van der Waals surface area contributed by atoms with Crippen LogP contribution in [0.25, 0.3) is 0 Å². The van der Waals surface area contributed by atoms with E-state index >= 15 is 0 Å². The van der Waals surface area contributed by atoms with E-state index in [9.17, 15) is 19.2 Å². The van der Waals surface area contributed by atoms with Crippen LogP contribution < -0.4 is 21.3 Å². The molecule has 15 nitrogen and oxygen atoms in total. The number of nitrogens with zero attached hydrogens (tertiary/aromatic N) is 2. The van der Waals surface area contributed by atoms with Crippen molar-refractivity contribution in [3.8, 4) is 0 Å². The molecule has 0 aromatic heterocycles. The topological polar surface area (TPSA) is 169 Å². The molecule has 4 rings (SSSR count). The molecular weight excluding hydrogens is 636 g/mol. The average Bonchev–Trinajstić information content (AvgIpc) is 4.00. The molecule has 4 N–H and O–H groups in total. The summed E-state index contributed by atoms with van der Waals surface area (Å²) in [6.45, 7) is 11.5. The van der Waals surface area contributed by atoms with E-state index in [4.69, 9.17) is 23.7 Å². The van der Waals surface area contributed by atoms with Crippen molar-refractivity contribution in [1.82, 2.24) is 9.80 Å². The number of amides is 4. The molecule has 0 bridgehead atoms. The second-order valence-electron chi connectivity index (χ2n) is 11.8. The van der Waals surface area contributed by atoms with E-state index in [1.807, 2.05) is 13.8 Å². The Kier molecular flexibility index (Phi) is 15.2. The van der Waals surface area contributed by atoms with Crippen LogP contribution in [0.2, 0.25) is 0 Å². The summed E-state index contributed by atoms with van der Waals surface area (Å²) in [6, 6.07) is 10.3. The molecule has 0 spiro atoms. The van der Waals surface area contributed by atoms with Gasteiger partial charge >= 0.3 is 24.4 Å². The molecule has 268 valence electrons. The third kappa shape index (κ3) is 15.4. The number of anilines is 4. The lowest BCUT2D eigenvalue weighted by Crippen LogP contribution is -2.19. The van der Waals surface area contributed by atoms with Crippen LogP contribution >= 0.6 is 0 Å². The fourth-order valence-electron chi connectivity index (χ4n) is 4.44. The summed E-state index contributed by atoms with van der Waals surface area (Å²) in [7, 11) is 0. The number of hydrogen-bond donors (Lipinski definition) is 4. The van der Waals surface area contributed by atoms with Crippen molar-refractivity contribution in [2.45, 2.75) is 39.5 Å². The van der Waals surface area contributed by atoms with Gasteiger partial charge in [-0.2, -0.15) is 0 Å². The van der Waals surface area contributed by atoms with Gasteiger partial charge < -0.3 is 23.7 Å². The zero-order valence-corrected chi connectivity index (χ0v) is 28.3. The fourth-order valence-corrected chi connectivity index (χ4v) is 4.44. The van der Waals surface area contributed by atoms with E-state index in [1.165, 1.54) is 0 Å². The van der Waals surface area contributed by atoms with Crippen LogP contribution in [0.5, 0.6) is 0 Å². The van der Waals surface area contributed by atoms with Crippen LogP contribution in [0.1, 0.15) is 36.8 Å². The molecule has 2 heterocycles. The Morgan fingerprint density at radius 3 is 1.31 bits per heavy atom. The molecule has 2 saturated heterocycles. The predicted octanol–water partition coefficient (Wildman–Crippen LogP) is 5.41. The van der Waals surface area contributed by atoms with Gasteiger partial charge in [0.2, 0.25) is 0 Å². The SMILES string of the molecule is Cc1ccc(NC(=O)OCCCCOCCCCOC(=O)Nc2ccc(C)c(NC(=O)OCCN3CC3)c2)cc1NC(=O)OCCN1CC1. The third-order valence-corrected chi connectivity index (χ3v) is 7.63. The summed E-state index contributed by atoms with van der Waals surface area (Å²) in [5.74, 6) is 0. The Hall–Kier alpha value is -4.60. The number of ether oxygens (including phenoxy) is 5. The van der Waals surface area contributed by atoms with Crippen molar-refractivity contribution >= 4 is 47.1 Å². The van der Waals surface area contributed by atoms with Crippen molar-refractivity contribution in [3.05, 3.63) is 47.5 Å². The first-order valence-electron chi connectivity index (χ1n) is 16.7. The molecule has 4 amide bonds. The van der Waals surface area contributed by atoms with Gasteiger partial charge in [-0.05, 0) is 74.9 Å². The highest BCUT2D eigenvalue weighted by molar-refractivity contribution is 5.90. The fraction of sp³-hybridized carbons (Fsp3) is 0.529. The van der Waals surface area contributed by atoms with E-state index in [0.29, 0.717) is 74.9 Å². The Bertz CT molecular complexity index is 1300. The largest absolute Gasteiger partial charge is 0.449 e. The van der Waals surface area contributed by atoms with E-state index < -0.39 is 24.4 Å². The minimum Gasteiger partial charge on any atom is -0.449 e. The number of rotatable bonds is 20. The van der Waals surface area contributed by atoms with E-state index in [-0.39, 0.29) is 13.2 Å². The molecule has 2 aliphatic heterocycles. The first-order valence-corrected chi connectivity index (χ1v) is 16.7. The molecule has 0 saturated carbocycles. The summed E-state index contributed by atoms with van der Waals surface area (Å²) in [6.07, 6.45) is 0.460. The molecule has 2 aromatic rings. The highest BCUT2D eigenvalue weighted by Crippen LogP contribution is 2.22. The van der Waals surface area contributed by atoms with Gasteiger partial charge in [0.1, 0.15) is 13.2 Å². The second kappa shape index (κ2) is 20.0. The number of carbonyl (C=O) groups is 4.